The summed E-state index contributed by atoms with van der Waals surface area (Å²) in [6.07, 6.45) is 7.52. The zero-order valence-electron chi connectivity index (χ0n) is 23.1. The number of carbonyl (C=O) groups is 2. The highest BCUT2D eigenvalue weighted by Crippen LogP contribution is 2.34. The SMILES string of the molecule is CCN(Cc1ccc(-n2ccc(NC(=O)N3CCN(C(=O)C4(N)CC4)CC3)nc2=O)cc1)[C@H]1CC[C@H](N)CC1.Cl. The molecule has 0 spiro atoms. The van der Waals surface area contributed by atoms with Crippen LogP contribution in [0.15, 0.2) is 41.3 Å². The molecule has 2 aliphatic carbocycles. The number of hydrogen-bond donors (Lipinski definition) is 3. The van der Waals surface area contributed by atoms with E-state index in [0.29, 0.717) is 38.3 Å². The third-order valence-electron chi connectivity index (χ3n) is 8.37. The molecule has 11 nitrogen and oxygen atoms in total. The highest BCUT2D eigenvalue weighted by Gasteiger charge is 2.48. The molecule has 1 aromatic heterocycles. The molecule has 5 rings (SSSR count). The second-order valence-corrected chi connectivity index (χ2v) is 11.1. The number of carbonyl (C=O) groups excluding carboxylic acids is 2. The smallest absolute Gasteiger partial charge is 0.338 e. The van der Waals surface area contributed by atoms with Gasteiger partial charge < -0.3 is 21.3 Å². The van der Waals surface area contributed by atoms with E-state index in [4.69, 9.17) is 11.5 Å². The molecule has 0 unspecified atom stereocenters. The molecule has 0 radical (unpaired) electrons. The molecular weight excluding hydrogens is 532 g/mol. The van der Waals surface area contributed by atoms with Crippen molar-refractivity contribution in [2.75, 3.05) is 38.0 Å². The van der Waals surface area contributed by atoms with Gasteiger partial charge in [-0.2, -0.15) is 4.98 Å². The van der Waals surface area contributed by atoms with Crippen molar-refractivity contribution in [1.82, 2.24) is 24.3 Å². The van der Waals surface area contributed by atoms with E-state index in [-0.39, 0.29) is 30.2 Å². The molecule has 40 heavy (non-hydrogen) atoms. The molecule has 2 aromatic rings. The summed E-state index contributed by atoms with van der Waals surface area (Å²) in [5, 5.41) is 2.71. The lowest BCUT2D eigenvalue weighted by Gasteiger charge is -2.35. The number of nitrogens with one attached hydrogen (secondary N) is 1. The number of nitrogens with two attached hydrogens (primary N) is 2. The molecule has 2 saturated carbocycles. The fourth-order valence-corrected chi connectivity index (χ4v) is 5.60. The fourth-order valence-electron chi connectivity index (χ4n) is 5.60. The van der Waals surface area contributed by atoms with Crippen LogP contribution in [0.4, 0.5) is 10.6 Å². The molecule has 1 aromatic carbocycles. The number of rotatable bonds is 7. The van der Waals surface area contributed by atoms with Crippen LogP contribution in [0.5, 0.6) is 0 Å². The van der Waals surface area contributed by atoms with E-state index >= 15 is 0 Å². The van der Waals surface area contributed by atoms with Gasteiger partial charge >= 0.3 is 11.7 Å². The largest absolute Gasteiger partial charge is 0.354 e. The minimum Gasteiger partial charge on any atom is -0.338 e. The van der Waals surface area contributed by atoms with E-state index in [1.807, 2.05) is 12.1 Å². The Balaban J connectivity index is 0.00000370. The van der Waals surface area contributed by atoms with Crippen molar-refractivity contribution in [3.63, 3.8) is 0 Å². The van der Waals surface area contributed by atoms with Crippen LogP contribution in [0.2, 0.25) is 0 Å². The van der Waals surface area contributed by atoms with Gasteiger partial charge in [-0.05, 0) is 68.8 Å². The van der Waals surface area contributed by atoms with Crippen LogP contribution in [-0.2, 0) is 11.3 Å². The lowest BCUT2D eigenvalue weighted by molar-refractivity contribution is -0.135. The van der Waals surface area contributed by atoms with Crippen LogP contribution in [0.3, 0.4) is 0 Å². The van der Waals surface area contributed by atoms with Crippen molar-refractivity contribution in [3.05, 3.63) is 52.6 Å². The second kappa shape index (κ2) is 12.7. The van der Waals surface area contributed by atoms with Gasteiger partial charge in [-0.3, -0.25) is 19.6 Å². The normalized spacial score (nSPS) is 22.0. The Labute approximate surface area is 241 Å². The second-order valence-electron chi connectivity index (χ2n) is 11.1. The van der Waals surface area contributed by atoms with Crippen LogP contribution in [-0.4, -0.2) is 86.5 Å². The first kappa shape index (κ1) is 30.0. The molecule has 3 fully saturated rings. The van der Waals surface area contributed by atoms with Gasteiger partial charge in [-0.15, -0.1) is 12.4 Å². The van der Waals surface area contributed by atoms with Gasteiger partial charge in [-0.1, -0.05) is 19.1 Å². The van der Waals surface area contributed by atoms with Crippen LogP contribution >= 0.6 is 12.4 Å². The van der Waals surface area contributed by atoms with E-state index in [9.17, 15) is 14.4 Å². The van der Waals surface area contributed by atoms with Crippen molar-refractivity contribution in [2.24, 2.45) is 11.5 Å². The molecule has 0 bridgehead atoms. The van der Waals surface area contributed by atoms with Crippen molar-refractivity contribution in [3.8, 4) is 5.69 Å². The van der Waals surface area contributed by atoms with Crippen LogP contribution in [0.25, 0.3) is 5.69 Å². The number of piperazine rings is 1. The average molecular weight is 573 g/mol. The van der Waals surface area contributed by atoms with E-state index < -0.39 is 11.2 Å². The average Bonchev–Trinajstić information content (AvgIpc) is 3.71. The van der Waals surface area contributed by atoms with Crippen LogP contribution in [0, 0.1) is 0 Å². The summed E-state index contributed by atoms with van der Waals surface area (Å²) in [5.74, 6) is 0.166. The van der Waals surface area contributed by atoms with Gasteiger partial charge in [0.25, 0.3) is 0 Å². The lowest BCUT2D eigenvalue weighted by Crippen LogP contribution is -2.55. The molecular formula is C28H41ClN8O3. The molecule has 3 aliphatic rings. The number of hydrogen-bond acceptors (Lipinski definition) is 7. The first-order valence-electron chi connectivity index (χ1n) is 14.1. The van der Waals surface area contributed by atoms with Gasteiger partial charge in [0.1, 0.15) is 5.82 Å². The van der Waals surface area contributed by atoms with E-state index in [2.05, 4.69) is 34.3 Å². The van der Waals surface area contributed by atoms with E-state index in [1.165, 1.54) is 10.1 Å². The van der Waals surface area contributed by atoms with Gasteiger partial charge in [0.05, 0.1) is 11.2 Å². The number of halogens is 1. The minimum absolute atomic E-state index is 0. The highest BCUT2D eigenvalue weighted by molar-refractivity contribution is 5.90. The third-order valence-corrected chi connectivity index (χ3v) is 8.37. The predicted octanol–water partition coefficient (Wildman–Crippen LogP) is 1.91. The Hall–Kier alpha value is -2.99. The Morgan fingerprint density at radius 1 is 1.02 bits per heavy atom. The summed E-state index contributed by atoms with van der Waals surface area (Å²) in [7, 11) is 0. The van der Waals surface area contributed by atoms with Crippen LogP contribution < -0.4 is 22.5 Å². The van der Waals surface area contributed by atoms with E-state index in [1.54, 1.807) is 22.1 Å². The predicted molar refractivity (Wildman–Crippen MR) is 157 cm³/mol. The van der Waals surface area contributed by atoms with Gasteiger partial charge in [0.2, 0.25) is 5.91 Å². The summed E-state index contributed by atoms with van der Waals surface area (Å²) in [5.41, 5.74) is 12.8. The van der Waals surface area contributed by atoms with Crippen molar-refractivity contribution in [2.45, 2.75) is 69.6 Å². The summed E-state index contributed by atoms with van der Waals surface area (Å²) in [6.45, 7) is 5.74. The van der Waals surface area contributed by atoms with Gasteiger partial charge in [0.15, 0.2) is 0 Å². The van der Waals surface area contributed by atoms with Crippen molar-refractivity contribution < 1.29 is 9.59 Å². The van der Waals surface area contributed by atoms with Crippen molar-refractivity contribution >= 4 is 30.2 Å². The topological polar surface area (TPSA) is 143 Å². The third kappa shape index (κ3) is 6.83. The Bertz CT molecular complexity index is 1230. The van der Waals surface area contributed by atoms with Gasteiger partial charge in [-0.25, -0.2) is 9.59 Å². The van der Waals surface area contributed by atoms with Crippen molar-refractivity contribution in [1.29, 1.82) is 0 Å². The lowest BCUT2D eigenvalue weighted by atomic mass is 9.90. The maximum Gasteiger partial charge on any atom is 0.354 e. The summed E-state index contributed by atoms with van der Waals surface area (Å²) in [6, 6.07) is 10.1. The number of benzene rings is 1. The summed E-state index contributed by atoms with van der Waals surface area (Å²) < 4.78 is 1.46. The number of anilines is 1. The fraction of sp³-hybridized carbons (Fsp3) is 0.571. The number of nitrogens with zero attached hydrogens (tertiary/aromatic N) is 5. The first-order valence-corrected chi connectivity index (χ1v) is 14.1. The molecule has 3 amide bonds. The number of amides is 3. The summed E-state index contributed by atoms with van der Waals surface area (Å²) >= 11 is 0. The number of aromatic nitrogens is 2. The zero-order chi connectivity index (χ0) is 27.6. The first-order chi connectivity index (χ1) is 18.8. The standard InChI is InChI=1S/C28H40N8O3.ClH/c1-2-33(22-9-5-21(29)6-10-22)19-20-3-7-23(8-4-20)36-14-11-24(32-27(36)39)31-26(38)35-17-15-34(16-18-35)25(37)28(30)12-13-28;/h3-4,7-8,11,14,21-22H,2,5-6,9-10,12-13,15-19,29-30H2,1H3,(H,31,32,38,39);1H/t21-,22-;. The molecule has 0 atom stereocenters. The highest BCUT2D eigenvalue weighted by atomic mass is 35.5. The van der Waals surface area contributed by atoms with Crippen LogP contribution in [0.1, 0.15) is 51.0 Å². The maximum absolute atomic E-state index is 12.8. The number of urea groups is 1. The molecule has 5 N–H and O–H groups in total. The van der Waals surface area contributed by atoms with Gasteiger partial charge in [0, 0.05) is 51.0 Å². The minimum atomic E-state index is -0.696. The molecule has 12 heteroatoms. The Kier molecular flexibility index (Phi) is 9.50. The quantitative estimate of drug-likeness (QED) is 0.460. The zero-order valence-corrected chi connectivity index (χ0v) is 23.9. The Morgan fingerprint density at radius 3 is 2.23 bits per heavy atom. The summed E-state index contributed by atoms with van der Waals surface area (Å²) in [4.78, 5) is 47.8. The molecule has 218 valence electrons. The molecule has 1 aliphatic heterocycles. The molecule has 1 saturated heterocycles. The Morgan fingerprint density at radius 2 is 1.65 bits per heavy atom. The molecule has 2 heterocycles. The monoisotopic (exact) mass is 572 g/mol. The maximum atomic E-state index is 12.8. The van der Waals surface area contributed by atoms with E-state index in [0.717, 1.165) is 57.3 Å².